The van der Waals surface area contributed by atoms with Crippen LogP contribution in [0.1, 0.15) is 34.3 Å². The number of aromatic amines is 1. The predicted molar refractivity (Wildman–Crippen MR) is 137 cm³/mol. The standard InChI is InChI=1S/C27H31N5O4/c1-31(2)15-23(33)32-12-11-19-21(32)14-22(28-19)30-25(16-7-5-4-6-8-16)24-18-10-9-17(27(35)36-3)13-20(18)29-26(24)34/h4-10,13,19,21-22,28-29,34H,11-12,14-15H2,1-3H3. The molecule has 36 heavy (non-hydrogen) atoms. The Kier molecular flexibility index (Phi) is 6.51. The van der Waals surface area contributed by atoms with Gasteiger partial charge in [0.25, 0.3) is 0 Å². The minimum absolute atomic E-state index is 0.0180. The molecule has 0 saturated carbocycles. The van der Waals surface area contributed by atoms with Crippen molar-refractivity contribution < 1.29 is 19.4 Å². The Morgan fingerprint density at radius 2 is 1.94 bits per heavy atom. The van der Waals surface area contributed by atoms with Gasteiger partial charge in [0.2, 0.25) is 5.91 Å². The fourth-order valence-electron chi connectivity index (χ4n) is 5.35. The van der Waals surface area contributed by atoms with E-state index in [1.54, 1.807) is 18.2 Å². The van der Waals surface area contributed by atoms with E-state index in [2.05, 4.69) is 10.3 Å². The molecule has 2 fully saturated rings. The normalized spacial score (nSPS) is 21.8. The molecule has 3 N–H and O–H groups in total. The molecule has 3 atom stereocenters. The lowest BCUT2D eigenvalue weighted by Gasteiger charge is -2.25. The quantitative estimate of drug-likeness (QED) is 0.362. The van der Waals surface area contributed by atoms with Gasteiger partial charge in [-0.3, -0.25) is 15.1 Å². The minimum Gasteiger partial charge on any atom is -0.494 e. The molecule has 1 amide bonds. The van der Waals surface area contributed by atoms with Gasteiger partial charge in [0.1, 0.15) is 6.17 Å². The monoisotopic (exact) mass is 489 g/mol. The maximum Gasteiger partial charge on any atom is 0.337 e. The third kappa shape index (κ3) is 4.47. The molecule has 2 saturated heterocycles. The number of nitrogens with one attached hydrogen (secondary N) is 2. The highest BCUT2D eigenvalue weighted by Crippen LogP contribution is 2.33. The van der Waals surface area contributed by atoms with Crippen molar-refractivity contribution in [2.24, 2.45) is 4.99 Å². The summed E-state index contributed by atoms with van der Waals surface area (Å²) in [5.41, 5.74) is 3.10. The molecule has 0 aliphatic carbocycles. The molecule has 0 radical (unpaired) electrons. The molecule has 2 aliphatic rings. The van der Waals surface area contributed by atoms with E-state index in [0.29, 0.717) is 35.3 Å². The number of aromatic nitrogens is 1. The summed E-state index contributed by atoms with van der Waals surface area (Å²) in [6.07, 6.45) is 1.39. The first kappa shape index (κ1) is 24.0. The van der Waals surface area contributed by atoms with Crippen LogP contribution in [0.4, 0.5) is 0 Å². The Morgan fingerprint density at radius 3 is 2.67 bits per heavy atom. The van der Waals surface area contributed by atoms with E-state index in [-0.39, 0.29) is 30.0 Å². The number of methoxy groups -OCH3 is 1. The number of aliphatic imine (C=N–C) groups is 1. The number of likely N-dealkylation sites (N-methyl/N-ethyl adjacent to an activating group) is 1. The second-order valence-electron chi connectivity index (χ2n) is 9.65. The average molecular weight is 490 g/mol. The molecular formula is C27H31N5O4. The maximum absolute atomic E-state index is 12.8. The van der Waals surface area contributed by atoms with E-state index in [0.717, 1.165) is 23.9 Å². The second kappa shape index (κ2) is 9.75. The predicted octanol–water partition coefficient (Wildman–Crippen LogP) is 2.35. The second-order valence-corrected chi connectivity index (χ2v) is 9.65. The fraction of sp³-hybridized carbons (Fsp3) is 0.370. The van der Waals surface area contributed by atoms with E-state index in [1.165, 1.54) is 7.11 Å². The third-order valence-electron chi connectivity index (χ3n) is 6.96. The van der Waals surface area contributed by atoms with Crippen LogP contribution < -0.4 is 5.32 Å². The smallest absolute Gasteiger partial charge is 0.337 e. The van der Waals surface area contributed by atoms with Crippen molar-refractivity contribution in [3.63, 3.8) is 0 Å². The number of H-pyrrole nitrogens is 1. The summed E-state index contributed by atoms with van der Waals surface area (Å²) in [7, 11) is 5.14. The number of likely N-dealkylation sites (tertiary alicyclic amines) is 1. The van der Waals surface area contributed by atoms with Gasteiger partial charge in [0.15, 0.2) is 5.88 Å². The lowest BCUT2D eigenvalue weighted by atomic mass is 10.00. The van der Waals surface area contributed by atoms with Crippen LogP contribution in [0.5, 0.6) is 5.88 Å². The number of carbonyl (C=O) groups excluding carboxylic acids is 2. The summed E-state index contributed by atoms with van der Waals surface area (Å²) in [6.45, 7) is 1.14. The van der Waals surface area contributed by atoms with Crippen molar-refractivity contribution in [1.29, 1.82) is 0 Å². The summed E-state index contributed by atoms with van der Waals surface area (Å²) in [6, 6.07) is 15.2. The van der Waals surface area contributed by atoms with Crippen molar-refractivity contribution in [2.45, 2.75) is 31.1 Å². The highest BCUT2D eigenvalue weighted by molar-refractivity contribution is 6.21. The van der Waals surface area contributed by atoms with E-state index in [1.807, 2.05) is 54.2 Å². The molecule has 3 aromatic rings. The zero-order chi connectivity index (χ0) is 25.4. The van der Waals surface area contributed by atoms with Gasteiger partial charge in [-0.2, -0.15) is 0 Å². The summed E-state index contributed by atoms with van der Waals surface area (Å²) in [5, 5.41) is 15.3. The zero-order valence-corrected chi connectivity index (χ0v) is 20.7. The number of esters is 1. The van der Waals surface area contributed by atoms with Gasteiger partial charge < -0.3 is 24.6 Å². The molecule has 9 heteroatoms. The molecule has 2 aliphatic heterocycles. The number of rotatable bonds is 6. The Bertz CT molecular complexity index is 1320. The highest BCUT2D eigenvalue weighted by Gasteiger charge is 2.44. The topological polar surface area (TPSA) is 110 Å². The molecule has 188 valence electrons. The number of carbonyl (C=O) groups is 2. The summed E-state index contributed by atoms with van der Waals surface area (Å²) in [5.74, 6) is -0.326. The van der Waals surface area contributed by atoms with Crippen molar-refractivity contribution in [1.82, 2.24) is 20.1 Å². The molecular weight excluding hydrogens is 458 g/mol. The van der Waals surface area contributed by atoms with E-state index in [9.17, 15) is 14.7 Å². The summed E-state index contributed by atoms with van der Waals surface area (Å²) in [4.78, 5) is 36.7. The fourth-order valence-corrected chi connectivity index (χ4v) is 5.35. The molecule has 5 rings (SSSR count). The van der Waals surface area contributed by atoms with Crippen LogP contribution in [0.3, 0.4) is 0 Å². The molecule has 3 heterocycles. The first-order valence-corrected chi connectivity index (χ1v) is 12.1. The van der Waals surface area contributed by atoms with E-state index >= 15 is 0 Å². The van der Waals surface area contributed by atoms with Gasteiger partial charge >= 0.3 is 5.97 Å². The number of nitrogens with zero attached hydrogens (tertiary/aromatic N) is 3. The Balaban J connectivity index is 1.51. The van der Waals surface area contributed by atoms with Crippen LogP contribution in [-0.4, -0.2) is 90.0 Å². The van der Waals surface area contributed by atoms with Gasteiger partial charge in [-0.05, 0) is 32.6 Å². The lowest BCUT2D eigenvalue weighted by Crippen LogP contribution is -2.42. The number of aromatic hydroxyl groups is 1. The maximum atomic E-state index is 12.8. The van der Waals surface area contributed by atoms with Crippen LogP contribution in [0, 0.1) is 0 Å². The van der Waals surface area contributed by atoms with Gasteiger partial charge in [-0.25, -0.2) is 4.79 Å². The molecule has 1 aromatic heterocycles. The highest BCUT2D eigenvalue weighted by atomic mass is 16.5. The van der Waals surface area contributed by atoms with Gasteiger partial charge in [0.05, 0.1) is 36.5 Å². The van der Waals surface area contributed by atoms with E-state index in [4.69, 9.17) is 9.73 Å². The number of fused-ring (bicyclic) bond motifs is 2. The average Bonchev–Trinajstić information content (AvgIpc) is 3.53. The van der Waals surface area contributed by atoms with Crippen LogP contribution in [0.25, 0.3) is 10.9 Å². The number of benzene rings is 2. The molecule has 3 unspecified atom stereocenters. The van der Waals surface area contributed by atoms with E-state index < -0.39 is 5.97 Å². The first-order chi connectivity index (χ1) is 17.4. The molecule has 0 bridgehead atoms. The number of hydrogen-bond acceptors (Lipinski definition) is 7. The Morgan fingerprint density at radius 1 is 1.17 bits per heavy atom. The Labute approximate surface area is 209 Å². The first-order valence-electron chi connectivity index (χ1n) is 12.1. The van der Waals surface area contributed by atoms with Crippen molar-refractivity contribution in [3.05, 3.63) is 65.2 Å². The molecule has 9 nitrogen and oxygen atoms in total. The molecule has 0 spiro atoms. The molecule has 2 aromatic carbocycles. The van der Waals surface area contributed by atoms with Gasteiger partial charge in [-0.1, -0.05) is 36.4 Å². The van der Waals surface area contributed by atoms with Crippen molar-refractivity contribution in [3.8, 4) is 5.88 Å². The van der Waals surface area contributed by atoms with Gasteiger partial charge in [-0.15, -0.1) is 0 Å². The largest absolute Gasteiger partial charge is 0.494 e. The summed E-state index contributed by atoms with van der Waals surface area (Å²) >= 11 is 0. The van der Waals surface area contributed by atoms with Crippen LogP contribution in [-0.2, 0) is 9.53 Å². The number of amides is 1. The minimum atomic E-state index is -0.445. The van der Waals surface area contributed by atoms with Gasteiger partial charge in [0, 0.05) is 35.5 Å². The Hall–Kier alpha value is -3.69. The zero-order valence-electron chi connectivity index (χ0n) is 20.7. The van der Waals surface area contributed by atoms with Crippen LogP contribution >= 0.6 is 0 Å². The third-order valence-corrected chi connectivity index (χ3v) is 6.96. The van der Waals surface area contributed by atoms with Crippen LogP contribution in [0.2, 0.25) is 0 Å². The number of hydrogen-bond donors (Lipinski definition) is 3. The SMILES string of the molecule is COC(=O)c1ccc2c(C(=NC3CC4C(CCN4C(=O)CN(C)C)N3)c3ccccc3)c(O)[nH]c2c1. The van der Waals surface area contributed by atoms with Crippen molar-refractivity contribution in [2.75, 3.05) is 34.3 Å². The van der Waals surface area contributed by atoms with Crippen LogP contribution in [0.15, 0.2) is 53.5 Å². The summed E-state index contributed by atoms with van der Waals surface area (Å²) < 4.78 is 4.83. The lowest BCUT2D eigenvalue weighted by molar-refractivity contribution is -0.132. The number of ether oxygens (including phenoxy) is 1. The van der Waals surface area contributed by atoms with Crippen molar-refractivity contribution >= 4 is 28.5 Å².